The van der Waals surface area contributed by atoms with Crippen LogP contribution in [0.25, 0.3) is 22.2 Å². The van der Waals surface area contributed by atoms with Gasteiger partial charge >= 0.3 is 0 Å². The number of nitrogens with zero attached hydrogens (tertiary/aromatic N) is 2. The first kappa shape index (κ1) is 20.3. The molecule has 156 valence electrons. The number of carbonyl (C=O) groups excluding carboxylic acids is 1. The van der Waals surface area contributed by atoms with Crippen molar-refractivity contribution in [3.05, 3.63) is 101 Å². The zero-order valence-electron chi connectivity index (χ0n) is 16.6. The average Bonchev–Trinajstić information content (AvgIpc) is 3.16. The van der Waals surface area contributed by atoms with Crippen LogP contribution in [0.5, 0.6) is 0 Å². The number of benzene rings is 3. The predicted molar refractivity (Wildman–Crippen MR) is 118 cm³/mol. The summed E-state index contributed by atoms with van der Waals surface area (Å²) in [4.78, 5) is 22.9. The lowest BCUT2D eigenvalue weighted by molar-refractivity contribution is -0.384. The van der Waals surface area contributed by atoms with Gasteiger partial charge in [0.15, 0.2) is 0 Å². The Labute approximate surface area is 178 Å². The van der Waals surface area contributed by atoms with Crippen LogP contribution in [0.15, 0.2) is 84.9 Å². The van der Waals surface area contributed by atoms with Crippen LogP contribution < -0.4 is 5.32 Å². The van der Waals surface area contributed by atoms with E-state index in [1.54, 1.807) is 0 Å². The van der Waals surface area contributed by atoms with E-state index in [4.69, 9.17) is 0 Å². The molecule has 0 aliphatic heterocycles. The van der Waals surface area contributed by atoms with Crippen LogP contribution >= 0.6 is 0 Å². The number of aliphatic hydroxyl groups is 1. The van der Waals surface area contributed by atoms with Crippen molar-refractivity contribution in [1.82, 2.24) is 9.88 Å². The van der Waals surface area contributed by atoms with Crippen molar-refractivity contribution in [2.45, 2.75) is 12.6 Å². The number of carbonyl (C=O) groups is 1. The Bertz CT molecular complexity index is 1220. The Hall–Kier alpha value is -3.97. The molecule has 3 aromatic carbocycles. The largest absolute Gasteiger partial charge is 0.387 e. The van der Waals surface area contributed by atoms with Gasteiger partial charge in [-0.15, -0.1) is 0 Å². The number of non-ortho nitro benzene ring substituents is 1. The van der Waals surface area contributed by atoms with Crippen molar-refractivity contribution in [2.75, 3.05) is 6.54 Å². The molecule has 0 aliphatic carbocycles. The molecule has 4 aromatic rings. The molecule has 1 aromatic heterocycles. The molecule has 0 spiro atoms. The van der Waals surface area contributed by atoms with E-state index in [1.807, 2.05) is 59.2 Å². The van der Waals surface area contributed by atoms with E-state index < -0.39 is 11.0 Å². The Morgan fingerprint density at radius 3 is 2.39 bits per heavy atom. The van der Waals surface area contributed by atoms with Gasteiger partial charge in [0, 0.05) is 35.3 Å². The minimum absolute atomic E-state index is 0.0104. The van der Waals surface area contributed by atoms with Crippen LogP contribution in [0.1, 0.15) is 11.7 Å². The van der Waals surface area contributed by atoms with E-state index in [-0.39, 0.29) is 24.7 Å². The number of aliphatic hydroxyl groups excluding tert-OH is 1. The van der Waals surface area contributed by atoms with Crippen LogP contribution in [0.4, 0.5) is 5.69 Å². The first-order valence-electron chi connectivity index (χ1n) is 9.86. The normalized spacial score (nSPS) is 11.9. The zero-order valence-corrected chi connectivity index (χ0v) is 16.6. The van der Waals surface area contributed by atoms with E-state index in [2.05, 4.69) is 11.4 Å². The summed E-state index contributed by atoms with van der Waals surface area (Å²) in [5, 5.41) is 24.9. The molecule has 7 nitrogen and oxygen atoms in total. The molecule has 0 radical (unpaired) electrons. The van der Waals surface area contributed by atoms with Gasteiger partial charge in [0.2, 0.25) is 5.91 Å². The third kappa shape index (κ3) is 4.46. The molecule has 7 heteroatoms. The summed E-state index contributed by atoms with van der Waals surface area (Å²) in [7, 11) is 0. The van der Waals surface area contributed by atoms with Crippen LogP contribution in [0, 0.1) is 10.1 Å². The van der Waals surface area contributed by atoms with Gasteiger partial charge in [0.25, 0.3) is 5.69 Å². The molecule has 0 saturated heterocycles. The lowest BCUT2D eigenvalue weighted by atomic mass is 10.1. The highest BCUT2D eigenvalue weighted by Gasteiger charge is 2.15. The molecule has 1 heterocycles. The number of hydrogen-bond acceptors (Lipinski definition) is 4. The molecule has 0 fully saturated rings. The standard InChI is InChI=1S/C24H21N3O4/c28-23(18-10-12-20(13-11-18)27(30)31)15-25-24(29)16-26-21-9-5-4-8-19(21)14-22(26)17-6-2-1-3-7-17/h1-14,23,28H,15-16H2,(H,25,29)/t23-/m1/s1. The highest BCUT2D eigenvalue weighted by molar-refractivity contribution is 5.89. The highest BCUT2D eigenvalue weighted by Crippen LogP contribution is 2.28. The van der Waals surface area contributed by atoms with Gasteiger partial charge in [-0.2, -0.15) is 0 Å². The van der Waals surface area contributed by atoms with Crippen molar-refractivity contribution in [2.24, 2.45) is 0 Å². The maximum absolute atomic E-state index is 12.7. The molecule has 0 saturated carbocycles. The summed E-state index contributed by atoms with van der Waals surface area (Å²) in [5.74, 6) is -0.237. The molecular weight excluding hydrogens is 394 g/mol. The lowest BCUT2D eigenvalue weighted by Crippen LogP contribution is -2.31. The molecular formula is C24H21N3O4. The molecule has 0 bridgehead atoms. The number of para-hydroxylation sites is 1. The summed E-state index contributed by atoms with van der Waals surface area (Å²) < 4.78 is 1.96. The van der Waals surface area contributed by atoms with Gasteiger partial charge in [-0.05, 0) is 35.4 Å². The monoisotopic (exact) mass is 415 g/mol. The Morgan fingerprint density at radius 2 is 1.68 bits per heavy atom. The van der Waals surface area contributed by atoms with Gasteiger partial charge in [0.1, 0.15) is 6.54 Å². The maximum atomic E-state index is 12.7. The third-order valence-corrected chi connectivity index (χ3v) is 5.16. The summed E-state index contributed by atoms with van der Waals surface area (Å²) >= 11 is 0. The summed E-state index contributed by atoms with van der Waals surface area (Å²) in [6, 6.07) is 25.4. The first-order valence-corrected chi connectivity index (χ1v) is 9.86. The molecule has 1 amide bonds. The smallest absolute Gasteiger partial charge is 0.269 e. The maximum Gasteiger partial charge on any atom is 0.269 e. The van der Waals surface area contributed by atoms with Crippen LogP contribution in [-0.4, -0.2) is 27.0 Å². The van der Waals surface area contributed by atoms with Crippen LogP contribution in [0.2, 0.25) is 0 Å². The first-order chi connectivity index (χ1) is 15.0. The molecule has 31 heavy (non-hydrogen) atoms. The summed E-state index contributed by atoms with van der Waals surface area (Å²) in [5.41, 5.74) is 3.35. The Balaban J connectivity index is 1.49. The highest BCUT2D eigenvalue weighted by atomic mass is 16.6. The number of aromatic nitrogens is 1. The quantitative estimate of drug-likeness (QED) is 0.351. The second kappa shape index (κ2) is 8.81. The fraction of sp³-hybridized carbons (Fsp3) is 0.125. The van der Waals surface area contributed by atoms with E-state index in [0.29, 0.717) is 5.56 Å². The fourth-order valence-electron chi connectivity index (χ4n) is 3.57. The number of nitro benzene ring substituents is 1. The lowest BCUT2D eigenvalue weighted by Gasteiger charge is -2.14. The number of fused-ring (bicyclic) bond motifs is 1. The van der Waals surface area contributed by atoms with Crippen molar-refractivity contribution in [1.29, 1.82) is 0 Å². The minimum Gasteiger partial charge on any atom is -0.387 e. The second-order valence-corrected chi connectivity index (χ2v) is 7.21. The van der Waals surface area contributed by atoms with E-state index >= 15 is 0 Å². The predicted octanol–water partition coefficient (Wildman–Crippen LogP) is 4.07. The molecule has 4 rings (SSSR count). The van der Waals surface area contributed by atoms with Gasteiger partial charge in [-0.3, -0.25) is 14.9 Å². The van der Waals surface area contributed by atoms with Gasteiger partial charge < -0.3 is 15.0 Å². The van der Waals surface area contributed by atoms with Gasteiger partial charge in [-0.25, -0.2) is 0 Å². The van der Waals surface area contributed by atoms with Crippen molar-refractivity contribution in [3.63, 3.8) is 0 Å². The van der Waals surface area contributed by atoms with Crippen molar-refractivity contribution < 1.29 is 14.8 Å². The number of rotatable bonds is 7. The van der Waals surface area contributed by atoms with Crippen molar-refractivity contribution >= 4 is 22.5 Å². The van der Waals surface area contributed by atoms with E-state index in [9.17, 15) is 20.0 Å². The van der Waals surface area contributed by atoms with Gasteiger partial charge in [0.05, 0.1) is 11.0 Å². The number of nitrogens with one attached hydrogen (secondary N) is 1. The molecule has 1 atom stereocenters. The SMILES string of the molecule is O=C(Cn1c(-c2ccccc2)cc2ccccc21)NC[C@@H](O)c1ccc([N+](=O)[O-])cc1. The van der Waals surface area contributed by atoms with Crippen LogP contribution in [-0.2, 0) is 11.3 Å². The summed E-state index contributed by atoms with van der Waals surface area (Å²) in [6.07, 6.45) is -0.959. The van der Waals surface area contributed by atoms with Gasteiger partial charge in [-0.1, -0.05) is 48.5 Å². The molecule has 2 N–H and O–H groups in total. The number of hydrogen-bond donors (Lipinski definition) is 2. The summed E-state index contributed by atoms with van der Waals surface area (Å²) in [6.45, 7) is 0.112. The fourth-order valence-corrected chi connectivity index (χ4v) is 3.57. The van der Waals surface area contributed by atoms with Crippen LogP contribution in [0.3, 0.4) is 0 Å². The zero-order chi connectivity index (χ0) is 21.8. The van der Waals surface area contributed by atoms with E-state index in [0.717, 1.165) is 22.2 Å². The number of nitro groups is 1. The molecule has 0 unspecified atom stereocenters. The topological polar surface area (TPSA) is 97.4 Å². The minimum atomic E-state index is -0.959. The van der Waals surface area contributed by atoms with Crippen molar-refractivity contribution in [3.8, 4) is 11.3 Å². The average molecular weight is 415 g/mol. The number of amides is 1. The molecule has 0 aliphatic rings. The van der Waals surface area contributed by atoms with E-state index in [1.165, 1.54) is 24.3 Å². The third-order valence-electron chi connectivity index (χ3n) is 5.16. The Kier molecular flexibility index (Phi) is 5.77. The second-order valence-electron chi connectivity index (χ2n) is 7.21. The Morgan fingerprint density at radius 1 is 1.00 bits per heavy atom.